The van der Waals surface area contributed by atoms with E-state index in [1.807, 2.05) is 14.1 Å². The van der Waals surface area contributed by atoms with Gasteiger partial charge in [0, 0.05) is 13.1 Å². The number of likely N-dealkylation sites (tertiary alicyclic amines) is 1. The van der Waals surface area contributed by atoms with Crippen molar-refractivity contribution in [3.63, 3.8) is 0 Å². The van der Waals surface area contributed by atoms with Gasteiger partial charge in [0.15, 0.2) is 0 Å². The second-order valence-electron chi connectivity index (χ2n) is 4.60. The molecule has 0 unspecified atom stereocenters. The Bertz CT molecular complexity index is 147. The lowest BCUT2D eigenvalue weighted by Gasteiger charge is -2.38. The van der Waals surface area contributed by atoms with Crippen LogP contribution in [0, 0.1) is 11.8 Å². The number of hydrogen-bond donors (Lipinski definition) is 2. The lowest BCUT2D eigenvalue weighted by atomic mass is 9.87. The summed E-state index contributed by atoms with van der Waals surface area (Å²) in [5.74, 6) is 1.78. The summed E-state index contributed by atoms with van der Waals surface area (Å²) >= 11 is 0. The Labute approximate surface area is 88.2 Å². The van der Waals surface area contributed by atoms with Crippen LogP contribution in [0.2, 0.25) is 0 Å². The molecule has 0 spiro atoms. The topological polar surface area (TPSA) is 27.3 Å². The molecule has 1 rings (SSSR count). The van der Waals surface area contributed by atoms with Gasteiger partial charge in [0.25, 0.3) is 0 Å². The minimum absolute atomic E-state index is 0.350. The first kappa shape index (κ1) is 12.0. The highest BCUT2D eigenvalue weighted by Gasteiger charge is 2.24. The normalized spacial score (nSPS) is 21.0. The largest absolute Gasteiger partial charge is 0.293 e. The van der Waals surface area contributed by atoms with Crippen LogP contribution in [0.4, 0.5) is 0 Å². The van der Waals surface area contributed by atoms with Crippen LogP contribution in [0.15, 0.2) is 0 Å². The van der Waals surface area contributed by atoms with Crippen LogP contribution in [0.3, 0.4) is 0 Å². The minimum Gasteiger partial charge on any atom is -0.293 e. The Morgan fingerprint density at radius 2 is 1.57 bits per heavy atom. The summed E-state index contributed by atoms with van der Waals surface area (Å²) in [5.41, 5.74) is 0. The number of nitrogens with one attached hydrogen (secondary N) is 2. The molecule has 0 radical (unpaired) electrons. The molecule has 1 heterocycles. The molecule has 1 fully saturated rings. The van der Waals surface area contributed by atoms with Gasteiger partial charge < -0.3 is 0 Å². The lowest BCUT2D eigenvalue weighted by Crippen LogP contribution is -2.54. The van der Waals surface area contributed by atoms with Crippen molar-refractivity contribution in [2.75, 3.05) is 27.2 Å². The lowest BCUT2D eigenvalue weighted by molar-refractivity contribution is 0.0867. The van der Waals surface area contributed by atoms with Gasteiger partial charge in [0.05, 0.1) is 0 Å². The van der Waals surface area contributed by atoms with Crippen LogP contribution in [0.5, 0.6) is 0 Å². The summed E-state index contributed by atoms with van der Waals surface area (Å²) in [6.45, 7) is 7.12. The highest BCUT2D eigenvalue weighted by molar-refractivity contribution is 4.76. The predicted molar refractivity (Wildman–Crippen MR) is 61.0 cm³/mol. The zero-order valence-corrected chi connectivity index (χ0v) is 10.0. The van der Waals surface area contributed by atoms with Crippen LogP contribution in [0.25, 0.3) is 0 Å². The van der Waals surface area contributed by atoms with Gasteiger partial charge in [-0.1, -0.05) is 13.8 Å². The quantitative estimate of drug-likeness (QED) is 0.663. The summed E-state index contributed by atoms with van der Waals surface area (Å²) in [4.78, 5) is 2.48. The first-order valence-corrected chi connectivity index (χ1v) is 5.77. The third-order valence-electron chi connectivity index (χ3n) is 3.43. The minimum atomic E-state index is 0.350. The second kappa shape index (κ2) is 5.69. The standard InChI is InChI=1S/C11H25N3/c1-9(2)10-5-7-14(8-6-10)11(12-3)13-4/h9-13H,5-8H2,1-4H3. The zero-order chi connectivity index (χ0) is 10.6. The highest BCUT2D eigenvalue weighted by Crippen LogP contribution is 2.24. The Balaban J connectivity index is 2.34. The first-order valence-electron chi connectivity index (χ1n) is 5.77. The van der Waals surface area contributed by atoms with E-state index in [1.165, 1.54) is 25.9 Å². The van der Waals surface area contributed by atoms with Crippen molar-refractivity contribution in [2.24, 2.45) is 11.8 Å². The summed E-state index contributed by atoms with van der Waals surface area (Å²) in [6, 6.07) is 0. The smallest absolute Gasteiger partial charge is 0.114 e. The van der Waals surface area contributed by atoms with Crippen molar-refractivity contribution >= 4 is 0 Å². The Morgan fingerprint density at radius 3 is 1.93 bits per heavy atom. The van der Waals surface area contributed by atoms with Crippen molar-refractivity contribution in [3.8, 4) is 0 Å². The molecule has 1 aliphatic rings. The van der Waals surface area contributed by atoms with Gasteiger partial charge in [-0.25, -0.2) is 0 Å². The summed E-state index contributed by atoms with van der Waals surface area (Å²) in [5, 5.41) is 6.56. The molecule has 1 saturated heterocycles. The zero-order valence-electron chi connectivity index (χ0n) is 10.0. The van der Waals surface area contributed by atoms with Gasteiger partial charge in [0.1, 0.15) is 6.29 Å². The molecule has 0 aromatic carbocycles. The molecule has 14 heavy (non-hydrogen) atoms. The van der Waals surface area contributed by atoms with E-state index in [-0.39, 0.29) is 0 Å². The van der Waals surface area contributed by atoms with Gasteiger partial charge >= 0.3 is 0 Å². The Hall–Kier alpha value is -0.120. The van der Waals surface area contributed by atoms with E-state index in [0.29, 0.717) is 6.29 Å². The highest BCUT2D eigenvalue weighted by atomic mass is 15.4. The van der Waals surface area contributed by atoms with Gasteiger partial charge in [-0.15, -0.1) is 0 Å². The Morgan fingerprint density at radius 1 is 1.07 bits per heavy atom. The van der Waals surface area contributed by atoms with E-state index in [0.717, 1.165) is 11.8 Å². The third kappa shape index (κ3) is 2.94. The molecule has 0 amide bonds. The average molecular weight is 199 g/mol. The van der Waals surface area contributed by atoms with Crippen LogP contribution >= 0.6 is 0 Å². The van der Waals surface area contributed by atoms with Crippen molar-refractivity contribution in [2.45, 2.75) is 33.0 Å². The molecule has 0 atom stereocenters. The van der Waals surface area contributed by atoms with E-state index >= 15 is 0 Å². The first-order chi connectivity index (χ1) is 6.69. The number of nitrogens with zero attached hydrogens (tertiary/aromatic N) is 1. The fraction of sp³-hybridized carbons (Fsp3) is 1.00. The summed E-state index contributed by atoms with van der Waals surface area (Å²) in [6.07, 6.45) is 3.04. The molecular formula is C11H25N3. The molecule has 0 aromatic heterocycles. The van der Waals surface area contributed by atoms with Gasteiger partial charge in [-0.3, -0.25) is 15.5 Å². The fourth-order valence-corrected chi connectivity index (χ4v) is 2.35. The van der Waals surface area contributed by atoms with E-state index in [4.69, 9.17) is 0 Å². The fourth-order valence-electron chi connectivity index (χ4n) is 2.35. The second-order valence-corrected chi connectivity index (χ2v) is 4.60. The van der Waals surface area contributed by atoms with Crippen LogP contribution < -0.4 is 10.6 Å². The van der Waals surface area contributed by atoms with Gasteiger partial charge in [0.2, 0.25) is 0 Å². The molecule has 84 valence electrons. The summed E-state index contributed by atoms with van der Waals surface area (Å²) < 4.78 is 0. The SMILES string of the molecule is CNC(NC)N1CCC(C(C)C)CC1. The van der Waals surface area contributed by atoms with Crippen LogP contribution in [-0.4, -0.2) is 38.4 Å². The van der Waals surface area contributed by atoms with Crippen molar-refractivity contribution in [1.82, 2.24) is 15.5 Å². The van der Waals surface area contributed by atoms with Gasteiger partial charge in [-0.05, 0) is 38.8 Å². The number of piperidine rings is 1. The molecule has 0 saturated carbocycles. The predicted octanol–water partition coefficient (Wildman–Crippen LogP) is 1.08. The molecular weight excluding hydrogens is 174 g/mol. The molecule has 0 aromatic rings. The monoisotopic (exact) mass is 199 g/mol. The number of hydrogen-bond acceptors (Lipinski definition) is 3. The molecule has 1 aliphatic heterocycles. The maximum atomic E-state index is 3.28. The maximum Gasteiger partial charge on any atom is 0.114 e. The molecule has 3 nitrogen and oxygen atoms in total. The number of rotatable bonds is 4. The third-order valence-corrected chi connectivity index (χ3v) is 3.43. The summed E-state index contributed by atoms with van der Waals surface area (Å²) in [7, 11) is 4.02. The van der Waals surface area contributed by atoms with Gasteiger partial charge in [-0.2, -0.15) is 0 Å². The molecule has 0 aliphatic carbocycles. The van der Waals surface area contributed by atoms with Crippen molar-refractivity contribution in [3.05, 3.63) is 0 Å². The molecule has 2 N–H and O–H groups in total. The van der Waals surface area contributed by atoms with E-state index in [9.17, 15) is 0 Å². The molecule has 3 heteroatoms. The van der Waals surface area contributed by atoms with Crippen LogP contribution in [0.1, 0.15) is 26.7 Å². The van der Waals surface area contributed by atoms with E-state index in [1.54, 1.807) is 0 Å². The maximum absolute atomic E-state index is 3.28. The molecule has 0 bridgehead atoms. The van der Waals surface area contributed by atoms with Crippen molar-refractivity contribution in [1.29, 1.82) is 0 Å². The van der Waals surface area contributed by atoms with E-state index in [2.05, 4.69) is 29.4 Å². The van der Waals surface area contributed by atoms with E-state index < -0.39 is 0 Å². The Kier molecular flexibility index (Phi) is 4.85. The average Bonchev–Trinajstić information content (AvgIpc) is 2.20. The van der Waals surface area contributed by atoms with Crippen LogP contribution in [-0.2, 0) is 0 Å². The van der Waals surface area contributed by atoms with Crippen molar-refractivity contribution < 1.29 is 0 Å².